The van der Waals surface area contributed by atoms with Gasteiger partial charge in [-0.25, -0.2) is 0 Å². The predicted molar refractivity (Wildman–Crippen MR) is 79.4 cm³/mol. The van der Waals surface area contributed by atoms with Gasteiger partial charge in [0.25, 0.3) is 5.91 Å². The maximum absolute atomic E-state index is 12.2. The van der Waals surface area contributed by atoms with Crippen molar-refractivity contribution in [3.63, 3.8) is 0 Å². The van der Waals surface area contributed by atoms with E-state index in [1.165, 1.54) is 19.0 Å². The molecule has 0 bridgehead atoms. The van der Waals surface area contributed by atoms with Crippen molar-refractivity contribution in [1.82, 2.24) is 14.8 Å². The van der Waals surface area contributed by atoms with Crippen molar-refractivity contribution in [3.8, 4) is 0 Å². The summed E-state index contributed by atoms with van der Waals surface area (Å²) in [5, 5.41) is 11.5. The van der Waals surface area contributed by atoms with E-state index in [1.54, 1.807) is 24.1 Å². The Balaban J connectivity index is 1.92. The maximum Gasteiger partial charge on any atom is 0.272 e. The number of likely N-dealkylation sites (tertiary alicyclic amines) is 1. The molecule has 1 aliphatic rings. The first-order chi connectivity index (χ1) is 10.1. The van der Waals surface area contributed by atoms with E-state index in [1.807, 2.05) is 0 Å². The number of rotatable bonds is 5. The molecular weight excluding hydrogens is 270 g/mol. The Bertz CT molecular complexity index is 509. The molecule has 0 unspecified atom stereocenters. The van der Waals surface area contributed by atoms with Crippen LogP contribution in [0.5, 0.6) is 0 Å². The number of pyridine rings is 1. The van der Waals surface area contributed by atoms with Crippen molar-refractivity contribution in [2.75, 3.05) is 33.2 Å². The minimum Gasteiger partial charge on any atom is -0.409 e. The van der Waals surface area contributed by atoms with Crippen LogP contribution >= 0.6 is 0 Å². The SMILES string of the molecule is CN(CCN1CCCC1)C(=O)c1ccc(C(N)=NO)cn1. The first-order valence-electron chi connectivity index (χ1n) is 7.03. The monoisotopic (exact) mass is 291 g/mol. The number of hydrogen-bond donors (Lipinski definition) is 2. The van der Waals surface area contributed by atoms with Crippen LogP contribution in [0.3, 0.4) is 0 Å². The number of nitrogens with two attached hydrogens (primary N) is 1. The third-order valence-corrected chi connectivity index (χ3v) is 3.68. The number of likely N-dealkylation sites (N-methyl/N-ethyl adjacent to an activating group) is 1. The van der Waals surface area contributed by atoms with Gasteiger partial charge in [0.2, 0.25) is 0 Å². The van der Waals surface area contributed by atoms with Crippen LogP contribution in [0.2, 0.25) is 0 Å². The van der Waals surface area contributed by atoms with Crippen LogP contribution in [0.15, 0.2) is 23.5 Å². The number of oxime groups is 1. The standard InChI is InChI=1S/C14H21N5O2/c1-18(8-9-19-6-2-3-7-19)14(20)12-5-4-11(10-16-12)13(15)17-21/h4-5,10,21H,2-3,6-9H2,1H3,(H2,15,17). The van der Waals surface area contributed by atoms with E-state index in [9.17, 15) is 4.79 Å². The second kappa shape index (κ2) is 7.03. The highest BCUT2D eigenvalue weighted by atomic mass is 16.4. The van der Waals surface area contributed by atoms with Gasteiger partial charge in [0.1, 0.15) is 5.69 Å². The summed E-state index contributed by atoms with van der Waals surface area (Å²) in [7, 11) is 1.78. The van der Waals surface area contributed by atoms with Crippen molar-refractivity contribution < 1.29 is 10.0 Å². The van der Waals surface area contributed by atoms with Crippen molar-refractivity contribution in [2.45, 2.75) is 12.8 Å². The van der Waals surface area contributed by atoms with Crippen LogP contribution in [0, 0.1) is 0 Å². The van der Waals surface area contributed by atoms with Gasteiger partial charge in [0, 0.05) is 31.9 Å². The third kappa shape index (κ3) is 3.91. The second-order valence-corrected chi connectivity index (χ2v) is 5.19. The topological polar surface area (TPSA) is 95.0 Å². The Hall–Kier alpha value is -2.15. The van der Waals surface area contributed by atoms with Gasteiger partial charge < -0.3 is 20.7 Å². The molecule has 1 amide bonds. The van der Waals surface area contributed by atoms with E-state index in [0.717, 1.165) is 19.6 Å². The molecule has 1 aliphatic heterocycles. The molecule has 0 saturated carbocycles. The van der Waals surface area contributed by atoms with Crippen LogP contribution in [0.4, 0.5) is 0 Å². The summed E-state index contributed by atoms with van der Waals surface area (Å²) in [5.74, 6) is -0.149. The van der Waals surface area contributed by atoms with Crippen LogP contribution in [0.1, 0.15) is 28.9 Å². The largest absolute Gasteiger partial charge is 0.409 e. The molecule has 1 saturated heterocycles. The van der Waals surface area contributed by atoms with E-state index in [4.69, 9.17) is 10.9 Å². The number of carbonyl (C=O) groups excluding carboxylic acids is 1. The number of amides is 1. The number of amidine groups is 1. The predicted octanol–water partition coefficient (Wildman–Crippen LogP) is 0.344. The van der Waals surface area contributed by atoms with Gasteiger partial charge in [0.05, 0.1) is 0 Å². The van der Waals surface area contributed by atoms with Crippen molar-refractivity contribution in [3.05, 3.63) is 29.6 Å². The Labute approximate surface area is 124 Å². The molecule has 1 fully saturated rings. The normalized spacial score (nSPS) is 16.1. The molecule has 0 spiro atoms. The van der Waals surface area contributed by atoms with Gasteiger partial charge in [-0.3, -0.25) is 9.78 Å². The number of hydrogen-bond acceptors (Lipinski definition) is 5. The summed E-state index contributed by atoms with van der Waals surface area (Å²) in [5.41, 5.74) is 6.29. The summed E-state index contributed by atoms with van der Waals surface area (Å²) >= 11 is 0. The molecule has 1 aromatic heterocycles. The zero-order chi connectivity index (χ0) is 15.2. The summed E-state index contributed by atoms with van der Waals surface area (Å²) in [6.07, 6.45) is 3.92. The van der Waals surface area contributed by atoms with Crippen molar-refractivity contribution in [2.24, 2.45) is 10.9 Å². The van der Waals surface area contributed by atoms with Gasteiger partial charge in [-0.05, 0) is 38.1 Å². The molecule has 0 radical (unpaired) electrons. The quantitative estimate of drug-likeness (QED) is 0.353. The number of carbonyl (C=O) groups is 1. The molecule has 3 N–H and O–H groups in total. The second-order valence-electron chi connectivity index (χ2n) is 5.19. The summed E-state index contributed by atoms with van der Waals surface area (Å²) in [6, 6.07) is 3.20. The van der Waals surface area contributed by atoms with Crippen LogP contribution in [0.25, 0.3) is 0 Å². The Morgan fingerprint density at radius 3 is 2.76 bits per heavy atom. The lowest BCUT2D eigenvalue weighted by Crippen LogP contribution is -2.35. The van der Waals surface area contributed by atoms with Crippen LogP contribution in [-0.4, -0.2) is 65.0 Å². The van der Waals surface area contributed by atoms with E-state index in [-0.39, 0.29) is 11.7 Å². The lowest BCUT2D eigenvalue weighted by Gasteiger charge is -2.21. The molecule has 7 nitrogen and oxygen atoms in total. The third-order valence-electron chi connectivity index (χ3n) is 3.68. The van der Waals surface area contributed by atoms with E-state index in [2.05, 4.69) is 15.0 Å². The number of nitrogens with zero attached hydrogens (tertiary/aromatic N) is 4. The molecule has 0 aromatic carbocycles. The Morgan fingerprint density at radius 1 is 1.48 bits per heavy atom. The van der Waals surface area contributed by atoms with Gasteiger partial charge in [-0.15, -0.1) is 0 Å². The molecule has 0 aliphatic carbocycles. The molecule has 7 heteroatoms. The summed E-state index contributed by atoms with van der Waals surface area (Å²) < 4.78 is 0. The van der Waals surface area contributed by atoms with Gasteiger partial charge in [-0.2, -0.15) is 0 Å². The van der Waals surface area contributed by atoms with Gasteiger partial charge in [-0.1, -0.05) is 5.16 Å². The lowest BCUT2D eigenvalue weighted by molar-refractivity contribution is 0.0776. The van der Waals surface area contributed by atoms with Gasteiger partial charge in [0.15, 0.2) is 5.84 Å². The number of aromatic nitrogens is 1. The van der Waals surface area contributed by atoms with E-state index in [0.29, 0.717) is 17.8 Å². The summed E-state index contributed by atoms with van der Waals surface area (Å²) in [4.78, 5) is 20.3. The van der Waals surface area contributed by atoms with Crippen molar-refractivity contribution >= 4 is 11.7 Å². The van der Waals surface area contributed by atoms with Crippen LogP contribution in [-0.2, 0) is 0 Å². The minimum absolute atomic E-state index is 0.0242. The highest BCUT2D eigenvalue weighted by molar-refractivity contribution is 5.98. The average Bonchev–Trinajstić information content (AvgIpc) is 3.04. The smallest absolute Gasteiger partial charge is 0.272 e. The minimum atomic E-state index is -0.125. The Morgan fingerprint density at radius 2 is 2.19 bits per heavy atom. The fourth-order valence-corrected chi connectivity index (χ4v) is 2.32. The lowest BCUT2D eigenvalue weighted by atomic mass is 10.2. The maximum atomic E-state index is 12.2. The fraction of sp³-hybridized carbons (Fsp3) is 0.500. The first kappa shape index (κ1) is 15.2. The Kier molecular flexibility index (Phi) is 5.10. The molecule has 2 rings (SSSR count). The average molecular weight is 291 g/mol. The van der Waals surface area contributed by atoms with E-state index >= 15 is 0 Å². The fourth-order valence-electron chi connectivity index (χ4n) is 2.32. The van der Waals surface area contributed by atoms with E-state index < -0.39 is 0 Å². The molecule has 2 heterocycles. The molecular formula is C14H21N5O2. The molecule has 1 aromatic rings. The highest BCUT2D eigenvalue weighted by Gasteiger charge is 2.16. The highest BCUT2D eigenvalue weighted by Crippen LogP contribution is 2.08. The zero-order valence-corrected chi connectivity index (χ0v) is 12.2. The molecule has 0 atom stereocenters. The zero-order valence-electron chi connectivity index (χ0n) is 12.2. The van der Waals surface area contributed by atoms with Crippen LogP contribution < -0.4 is 5.73 Å². The molecule has 114 valence electrons. The van der Waals surface area contributed by atoms with Gasteiger partial charge >= 0.3 is 0 Å². The molecule has 21 heavy (non-hydrogen) atoms. The summed E-state index contributed by atoms with van der Waals surface area (Å²) in [6.45, 7) is 3.82. The first-order valence-corrected chi connectivity index (χ1v) is 7.03. The van der Waals surface area contributed by atoms with Crippen molar-refractivity contribution in [1.29, 1.82) is 0 Å².